The number of fused-ring (bicyclic) bond motifs is 1. The van der Waals surface area contributed by atoms with Crippen molar-refractivity contribution in [1.29, 1.82) is 0 Å². The van der Waals surface area contributed by atoms with Gasteiger partial charge in [0, 0.05) is 25.4 Å². The highest BCUT2D eigenvalue weighted by Crippen LogP contribution is 2.30. The van der Waals surface area contributed by atoms with Crippen LogP contribution in [-0.4, -0.2) is 63.9 Å². The van der Waals surface area contributed by atoms with Crippen molar-refractivity contribution in [3.63, 3.8) is 0 Å². The summed E-state index contributed by atoms with van der Waals surface area (Å²) in [7, 11) is -3.52. The third-order valence-corrected chi connectivity index (χ3v) is 6.60. The molecule has 3 heterocycles. The highest BCUT2D eigenvalue weighted by molar-refractivity contribution is 7.90. The summed E-state index contributed by atoms with van der Waals surface area (Å²) in [6.07, 6.45) is 5.15. The Morgan fingerprint density at radius 3 is 2.50 bits per heavy atom. The zero-order valence-corrected chi connectivity index (χ0v) is 20.3. The first-order valence-corrected chi connectivity index (χ1v) is 12.7. The van der Waals surface area contributed by atoms with Gasteiger partial charge in [-0.2, -0.15) is 0 Å². The van der Waals surface area contributed by atoms with Crippen LogP contribution in [0.1, 0.15) is 39.7 Å². The molecule has 1 fully saturated rings. The first-order valence-electron chi connectivity index (χ1n) is 10.8. The quantitative estimate of drug-likeness (QED) is 0.588. The Morgan fingerprint density at radius 1 is 1.18 bits per heavy atom. The highest BCUT2D eigenvalue weighted by Gasteiger charge is 2.28. The van der Waals surface area contributed by atoms with Gasteiger partial charge < -0.3 is 19.5 Å². The summed E-state index contributed by atoms with van der Waals surface area (Å²) in [5, 5.41) is 2.89. The van der Waals surface area contributed by atoms with E-state index in [2.05, 4.69) is 20.3 Å². The lowest BCUT2D eigenvalue weighted by Gasteiger charge is -2.33. The summed E-state index contributed by atoms with van der Waals surface area (Å²) in [5.74, 6) is -0.412. The number of aromatic nitrogens is 4. The molecule has 2 aromatic heterocycles. The molecular formula is C22H27FN6O4S. The first-order chi connectivity index (χ1) is 15.9. The number of nitrogens with one attached hydrogen (secondary N) is 1. The average Bonchev–Trinajstić information content (AvgIpc) is 3.18. The Hall–Kier alpha value is -3.28. The molecule has 1 aliphatic rings. The van der Waals surface area contributed by atoms with Gasteiger partial charge in [-0.3, -0.25) is 0 Å². The van der Waals surface area contributed by atoms with E-state index in [0.717, 1.165) is 12.3 Å². The monoisotopic (exact) mass is 490 g/mol. The van der Waals surface area contributed by atoms with Gasteiger partial charge in [0.1, 0.15) is 17.7 Å². The van der Waals surface area contributed by atoms with Gasteiger partial charge in [0.15, 0.2) is 26.8 Å². The third kappa shape index (κ3) is 5.11. The van der Waals surface area contributed by atoms with Crippen LogP contribution in [-0.2, 0) is 14.6 Å². The van der Waals surface area contributed by atoms with Crippen molar-refractivity contribution in [3.8, 4) is 0 Å². The predicted molar refractivity (Wildman–Crippen MR) is 124 cm³/mol. The normalized spacial score (nSPS) is 15.5. The SMILES string of the molecule is CC(C)(C)OC(=O)N1CCC(n2cnc3c(Nc4ccc(S(C)(=O)=O)cc4F)ncnc32)CC1. The van der Waals surface area contributed by atoms with Gasteiger partial charge in [-0.15, -0.1) is 0 Å². The number of hydrogen-bond acceptors (Lipinski definition) is 8. The molecule has 1 amide bonds. The molecular weight excluding hydrogens is 463 g/mol. The Labute approximate surface area is 197 Å². The molecule has 4 rings (SSSR count). The van der Waals surface area contributed by atoms with Gasteiger partial charge in [-0.1, -0.05) is 0 Å². The molecule has 10 nitrogen and oxygen atoms in total. The fourth-order valence-corrected chi connectivity index (χ4v) is 4.45. The van der Waals surface area contributed by atoms with E-state index in [1.165, 1.54) is 18.5 Å². The van der Waals surface area contributed by atoms with E-state index in [1.54, 1.807) is 11.2 Å². The first kappa shape index (κ1) is 23.9. The summed E-state index contributed by atoms with van der Waals surface area (Å²) >= 11 is 0. The molecule has 0 atom stereocenters. The molecule has 1 aliphatic heterocycles. The molecule has 182 valence electrons. The fourth-order valence-electron chi connectivity index (χ4n) is 3.82. The number of benzene rings is 1. The minimum absolute atomic E-state index is 0.0765. The summed E-state index contributed by atoms with van der Waals surface area (Å²) in [6, 6.07) is 3.73. The van der Waals surface area contributed by atoms with Crippen LogP contribution in [0.3, 0.4) is 0 Å². The largest absolute Gasteiger partial charge is 0.444 e. The second kappa shape index (κ2) is 8.82. The van der Waals surface area contributed by atoms with Crippen LogP contribution in [0.4, 0.5) is 20.7 Å². The number of sulfone groups is 1. The van der Waals surface area contributed by atoms with E-state index in [-0.39, 0.29) is 22.7 Å². The number of ether oxygens (including phenoxy) is 1. The molecule has 0 saturated carbocycles. The standard InChI is InChI=1S/C22H27FN6O4S/c1-22(2,3)33-21(30)28-9-7-14(8-10-28)29-13-26-18-19(24-12-25-20(18)29)27-17-6-5-15(11-16(17)23)34(4,31)32/h5-6,11-14H,7-10H2,1-4H3,(H,24,25,27). The van der Waals surface area contributed by atoms with Gasteiger partial charge >= 0.3 is 6.09 Å². The van der Waals surface area contributed by atoms with E-state index in [4.69, 9.17) is 4.74 Å². The van der Waals surface area contributed by atoms with Crippen LogP contribution in [0, 0.1) is 5.82 Å². The number of carbonyl (C=O) groups is 1. The molecule has 0 unspecified atom stereocenters. The number of hydrogen-bond donors (Lipinski definition) is 1. The number of amides is 1. The number of nitrogens with zero attached hydrogens (tertiary/aromatic N) is 5. The van der Waals surface area contributed by atoms with Crippen LogP contribution in [0.15, 0.2) is 35.7 Å². The Balaban J connectivity index is 1.51. The lowest BCUT2D eigenvalue weighted by atomic mass is 10.1. The molecule has 1 aromatic carbocycles. The second-order valence-corrected chi connectivity index (χ2v) is 11.3. The van der Waals surface area contributed by atoms with E-state index >= 15 is 0 Å². The minimum Gasteiger partial charge on any atom is -0.444 e. The molecule has 3 aromatic rings. The van der Waals surface area contributed by atoms with Crippen molar-refractivity contribution in [1.82, 2.24) is 24.4 Å². The van der Waals surface area contributed by atoms with Crippen molar-refractivity contribution >= 4 is 38.6 Å². The number of carbonyl (C=O) groups excluding carboxylic acids is 1. The summed E-state index contributed by atoms with van der Waals surface area (Å²) < 4.78 is 45.2. The zero-order valence-electron chi connectivity index (χ0n) is 19.4. The Morgan fingerprint density at radius 2 is 1.88 bits per heavy atom. The number of anilines is 2. The van der Waals surface area contributed by atoms with Gasteiger partial charge in [-0.05, 0) is 51.8 Å². The highest BCUT2D eigenvalue weighted by atomic mass is 32.2. The zero-order chi connectivity index (χ0) is 24.7. The van der Waals surface area contributed by atoms with Crippen molar-refractivity contribution < 1.29 is 22.3 Å². The Bertz CT molecular complexity index is 1330. The van der Waals surface area contributed by atoms with Crippen molar-refractivity contribution in [2.24, 2.45) is 0 Å². The molecule has 0 aliphatic carbocycles. The van der Waals surface area contributed by atoms with E-state index < -0.39 is 21.3 Å². The van der Waals surface area contributed by atoms with Crippen LogP contribution in [0.25, 0.3) is 11.2 Å². The molecule has 34 heavy (non-hydrogen) atoms. The van der Waals surface area contributed by atoms with Crippen LogP contribution in [0.5, 0.6) is 0 Å². The van der Waals surface area contributed by atoms with E-state index in [9.17, 15) is 17.6 Å². The average molecular weight is 491 g/mol. The van der Waals surface area contributed by atoms with Crippen LogP contribution < -0.4 is 5.32 Å². The summed E-state index contributed by atoms with van der Waals surface area (Å²) in [6.45, 7) is 6.62. The van der Waals surface area contributed by atoms with Crippen LogP contribution in [0.2, 0.25) is 0 Å². The number of rotatable bonds is 4. The molecule has 1 saturated heterocycles. The van der Waals surface area contributed by atoms with Gasteiger partial charge in [0.05, 0.1) is 16.9 Å². The summed E-state index contributed by atoms with van der Waals surface area (Å²) in [5.41, 5.74) is 0.581. The smallest absolute Gasteiger partial charge is 0.410 e. The topological polar surface area (TPSA) is 119 Å². The Kier molecular flexibility index (Phi) is 6.19. The number of likely N-dealkylation sites (tertiary alicyclic amines) is 1. The maximum Gasteiger partial charge on any atom is 0.410 e. The van der Waals surface area contributed by atoms with Gasteiger partial charge in [-0.25, -0.2) is 32.6 Å². The van der Waals surface area contributed by atoms with E-state index in [0.29, 0.717) is 42.9 Å². The third-order valence-electron chi connectivity index (χ3n) is 5.49. The predicted octanol–water partition coefficient (Wildman–Crippen LogP) is 3.68. The molecule has 1 N–H and O–H groups in total. The lowest BCUT2D eigenvalue weighted by molar-refractivity contribution is 0.0189. The molecule has 0 radical (unpaired) electrons. The maximum absolute atomic E-state index is 14.5. The lowest BCUT2D eigenvalue weighted by Crippen LogP contribution is -2.42. The van der Waals surface area contributed by atoms with E-state index in [1.807, 2.05) is 25.3 Å². The van der Waals surface area contributed by atoms with Gasteiger partial charge in [0.25, 0.3) is 0 Å². The van der Waals surface area contributed by atoms with Crippen molar-refractivity contribution in [2.45, 2.75) is 50.2 Å². The molecule has 0 spiro atoms. The number of halogens is 1. The van der Waals surface area contributed by atoms with Crippen molar-refractivity contribution in [3.05, 3.63) is 36.7 Å². The van der Waals surface area contributed by atoms with Crippen molar-refractivity contribution in [2.75, 3.05) is 24.7 Å². The van der Waals surface area contributed by atoms with Gasteiger partial charge in [0.2, 0.25) is 0 Å². The second-order valence-electron chi connectivity index (χ2n) is 9.28. The number of imidazole rings is 1. The number of piperidine rings is 1. The molecule has 12 heteroatoms. The van der Waals surface area contributed by atoms with Crippen LogP contribution >= 0.6 is 0 Å². The minimum atomic E-state index is -3.52. The summed E-state index contributed by atoms with van der Waals surface area (Å²) in [4.78, 5) is 26.9. The molecule has 0 bridgehead atoms. The fraction of sp³-hybridized carbons (Fsp3) is 0.455. The maximum atomic E-state index is 14.5.